The SMILES string of the molecule is O=CNCc1cccc(Nc2[nH]nc3ncnc(Nc4cccc(Cl)c4)c23)c1. The van der Waals surface area contributed by atoms with Gasteiger partial charge in [-0.2, -0.15) is 5.10 Å². The number of aromatic amines is 1. The highest BCUT2D eigenvalue weighted by Crippen LogP contribution is 2.30. The van der Waals surface area contributed by atoms with Gasteiger partial charge >= 0.3 is 0 Å². The van der Waals surface area contributed by atoms with Gasteiger partial charge in [0.15, 0.2) is 5.65 Å². The van der Waals surface area contributed by atoms with Crippen molar-refractivity contribution in [2.75, 3.05) is 10.6 Å². The van der Waals surface area contributed by atoms with Crippen LogP contribution in [-0.2, 0) is 11.3 Å². The maximum atomic E-state index is 10.5. The largest absolute Gasteiger partial charge is 0.355 e. The maximum absolute atomic E-state index is 10.5. The van der Waals surface area contributed by atoms with E-state index >= 15 is 0 Å². The molecule has 0 radical (unpaired) electrons. The molecule has 0 fully saturated rings. The lowest BCUT2D eigenvalue weighted by molar-refractivity contribution is -0.109. The third-order valence-electron chi connectivity index (χ3n) is 4.02. The summed E-state index contributed by atoms with van der Waals surface area (Å²) in [5.41, 5.74) is 3.14. The number of carbonyl (C=O) groups is 1. The monoisotopic (exact) mass is 393 g/mol. The summed E-state index contributed by atoms with van der Waals surface area (Å²) >= 11 is 6.07. The molecule has 2 aromatic carbocycles. The average molecular weight is 394 g/mol. The van der Waals surface area contributed by atoms with Crippen molar-refractivity contribution in [1.82, 2.24) is 25.5 Å². The van der Waals surface area contributed by atoms with E-state index in [0.29, 0.717) is 35.3 Å². The summed E-state index contributed by atoms with van der Waals surface area (Å²) in [6.45, 7) is 0.452. The number of benzene rings is 2. The molecule has 0 spiro atoms. The lowest BCUT2D eigenvalue weighted by Crippen LogP contribution is -2.09. The van der Waals surface area contributed by atoms with E-state index in [1.807, 2.05) is 42.5 Å². The first-order valence-corrected chi connectivity index (χ1v) is 8.85. The quantitative estimate of drug-likeness (QED) is 0.356. The summed E-state index contributed by atoms with van der Waals surface area (Å²) in [6.07, 6.45) is 2.12. The summed E-state index contributed by atoms with van der Waals surface area (Å²) in [5.74, 6) is 1.25. The number of H-pyrrole nitrogens is 1. The van der Waals surface area contributed by atoms with Crippen LogP contribution in [0.3, 0.4) is 0 Å². The van der Waals surface area contributed by atoms with Gasteiger partial charge in [-0.15, -0.1) is 0 Å². The van der Waals surface area contributed by atoms with Crippen LogP contribution in [0.2, 0.25) is 5.02 Å². The van der Waals surface area contributed by atoms with Crippen LogP contribution in [0, 0.1) is 0 Å². The van der Waals surface area contributed by atoms with E-state index in [0.717, 1.165) is 22.3 Å². The molecule has 140 valence electrons. The number of aromatic nitrogens is 4. The Bertz CT molecular complexity index is 1130. The fraction of sp³-hybridized carbons (Fsp3) is 0.0526. The summed E-state index contributed by atoms with van der Waals surface area (Å²) in [6, 6.07) is 15.1. The Morgan fingerprint density at radius 3 is 2.68 bits per heavy atom. The van der Waals surface area contributed by atoms with E-state index < -0.39 is 0 Å². The van der Waals surface area contributed by atoms with Gasteiger partial charge in [0.25, 0.3) is 0 Å². The molecule has 8 nitrogen and oxygen atoms in total. The van der Waals surface area contributed by atoms with Crippen molar-refractivity contribution in [2.45, 2.75) is 6.54 Å². The first-order valence-electron chi connectivity index (χ1n) is 8.47. The molecule has 0 bridgehead atoms. The Morgan fingerprint density at radius 1 is 1.04 bits per heavy atom. The van der Waals surface area contributed by atoms with Crippen LogP contribution in [0.15, 0.2) is 54.9 Å². The second kappa shape index (κ2) is 7.93. The van der Waals surface area contributed by atoms with Crippen LogP contribution < -0.4 is 16.0 Å². The number of amides is 1. The molecule has 0 aliphatic carbocycles. The predicted octanol–water partition coefficient (Wildman–Crippen LogP) is 3.74. The zero-order valence-electron chi connectivity index (χ0n) is 14.6. The highest BCUT2D eigenvalue weighted by atomic mass is 35.5. The van der Waals surface area contributed by atoms with Gasteiger partial charge in [0.1, 0.15) is 23.3 Å². The van der Waals surface area contributed by atoms with Gasteiger partial charge in [0.05, 0.1) is 0 Å². The molecular weight excluding hydrogens is 378 g/mol. The van der Waals surface area contributed by atoms with Crippen molar-refractivity contribution >= 4 is 52.1 Å². The van der Waals surface area contributed by atoms with Gasteiger partial charge < -0.3 is 16.0 Å². The maximum Gasteiger partial charge on any atom is 0.207 e. The molecule has 4 rings (SSSR count). The second-order valence-electron chi connectivity index (χ2n) is 5.98. The lowest BCUT2D eigenvalue weighted by Gasteiger charge is -2.10. The summed E-state index contributed by atoms with van der Waals surface area (Å²) < 4.78 is 0. The molecule has 9 heteroatoms. The van der Waals surface area contributed by atoms with Crippen molar-refractivity contribution in [3.8, 4) is 0 Å². The standard InChI is InChI=1S/C19H16ClN7O/c20-13-4-2-6-15(8-13)24-17-16-18(23-10-22-17)26-27-19(16)25-14-5-1-3-12(7-14)9-21-11-28/h1-8,10-11H,9H2,(H,21,28)(H3,22,23,24,25,26,27). The van der Waals surface area contributed by atoms with Crippen molar-refractivity contribution in [3.63, 3.8) is 0 Å². The van der Waals surface area contributed by atoms with E-state index in [4.69, 9.17) is 11.6 Å². The van der Waals surface area contributed by atoms with Gasteiger partial charge in [-0.25, -0.2) is 9.97 Å². The molecule has 0 aliphatic rings. The molecule has 0 atom stereocenters. The molecule has 0 saturated carbocycles. The number of rotatable bonds is 7. The van der Waals surface area contributed by atoms with Crippen LogP contribution in [-0.4, -0.2) is 26.6 Å². The van der Waals surface area contributed by atoms with Gasteiger partial charge in [-0.05, 0) is 35.9 Å². The Hall–Kier alpha value is -3.65. The number of carbonyl (C=O) groups excluding carboxylic acids is 1. The first-order chi connectivity index (χ1) is 13.7. The molecule has 0 aliphatic heterocycles. The number of halogens is 1. The zero-order chi connectivity index (χ0) is 19.3. The second-order valence-corrected chi connectivity index (χ2v) is 6.42. The topological polar surface area (TPSA) is 108 Å². The Balaban J connectivity index is 1.66. The van der Waals surface area contributed by atoms with Crippen LogP contribution in [0.5, 0.6) is 0 Å². The number of hydrogen-bond acceptors (Lipinski definition) is 6. The molecule has 2 aromatic heterocycles. The van der Waals surface area contributed by atoms with E-state index in [1.54, 1.807) is 6.07 Å². The van der Waals surface area contributed by atoms with Gasteiger partial charge in [0, 0.05) is 22.9 Å². The van der Waals surface area contributed by atoms with Gasteiger partial charge in [-0.1, -0.05) is 29.8 Å². The molecule has 0 saturated heterocycles. The Labute approximate surface area is 165 Å². The van der Waals surface area contributed by atoms with E-state index in [9.17, 15) is 4.79 Å². The van der Waals surface area contributed by atoms with E-state index in [1.165, 1.54) is 6.33 Å². The number of anilines is 4. The number of nitrogens with zero attached hydrogens (tertiary/aromatic N) is 3. The fourth-order valence-electron chi connectivity index (χ4n) is 2.81. The highest BCUT2D eigenvalue weighted by molar-refractivity contribution is 6.30. The van der Waals surface area contributed by atoms with Crippen molar-refractivity contribution in [1.29, 1.82) is 0 Å². The minimum atomic E-state index is 0.452. The average Bonchev–Trinajstić information content (AvgIpc) is 3.11. The van der Waals surface area contributed by atoms with Crippen LogP contribution >= 0.6 is 11.6 Å². The Morgan fingerprint density at radius 2 is 1.86 bits per heavy atom. The zero-order valence-corrected chi connectivity index (χ0v) is 15.4. The van der Waals surface area contributed by atoms with Crippen molar-refractivity contribution in [2.24, 2.45) is 0 Å². The van der Waals surface area contributed by atoms with E-state index in [-0.39, 0.29) is 0 Å². The normalized spacial score (nSPS) is 10.6. The predicted molar refractivity (Wildman–Crippen MR) is 109 cm³/mol. The molecular formula is C19H16ClN7O. The first kappa shape index (κ1) is 17.7. The van der Waals surface area contributed by atoms with E-state index in [2.05, 4.69) is 36.1 Å². The molecule has 1 amide bonds. The smallest absolute Gasteiger partial charge is 0.207 e. The third kappa shape index (κ3) is 3.86. The number of hydrogen-bond donors (Lipinski definition) is 4. The summed E-state index contributed by atoms with van der Waals surface area (Å²) in [4.78, 5) is 19.1. The molecule has 28 heavy (non-hydrogen) atoms. The van der Waals surface area contributed by atoms with Crippen molar-refractivity contribution < 1.29 is 4.79 Å². The van der Waals surface area contributed by atoms with Crippen LogP contribution in [0.4, 0.5) is 23.0 Å². The van der Waals surface area contributed by atoms with Crippen LogP contribution in [0.1, 0.15) is 5.56 Å². The minimum absolute atomic E-state index is 0.452. The molecule has 4 aromatic rings. The highest BCUT2D eigenvalue weighted by Gasteiger charge is 2.13. The number of fused-ring (bicyclic) bond motifs is 1. The summed E-state index contributed by atoms with van der Waals surface area (Å²) in [5, 5.41) is 17.8. The van der Waals surface area contributed by atoms with Crippen molar-refractivity contribution in [3.05, 3.63) is 65.4 Å². The van der Waals surface area contributed by atoms with Gasteiger partial charge in [0.2, 0.25) is 6.41 Å². The van der Waals surface area contributed by atoms with Crippen LogP contribution in [0.25, 0.3) is 11.0 Å². The van der Waals surface area contributed by atoms with Gasteiger partial charge in [-0.3, -0.25) is 9.89 Å². The summed E-state index contributed by atoms with van der Waals surface area (Å²) in [7, 11) is 0. The molecule has 2 heterocycles. The fourth-order valence-corrected chi connectivity index (χ4v) is 3.00. The molecule has 4 N–H and O–H groups in total. The number of nitrogens with one attached hydrogen (secondary N) is 4. The Kier molecular flexibility index (Phi) is 5.03. The third-order valence-corrected chi connectivity index (χ3v) is 4.26. The lowest BCUT2D eigenvalue weighted by atomic mass is 10.2. The molecule has 0 unspecified atom stereocenters. The minimum Gasteiger partial charge on any atom is -0.355 e.